The van der Waals surface area contributed by atoms with Gasteiger partial charge in [-0.1, -0.05) is 30.3 Å². The molecule has 0 radical (unpaired) electrons. The quantitative estimate of drug-likeness (QED) is 0.291. The van der Waals surface area contributed by atoms with Crippen LogP contribution in [0.3, 0.4) is 0 Å². The van der Waals surface area contributed by atoms with Gasteiger partial charge in [0.1, 0.15) is 22.7 Å². The van der Waals surface area contributed by atoms with Gasteiger partial charge in [0.25, 0.3) is 5.91 Å². The Hall–Kier alpha value is -5.09. The van der Waals surface area contributed by atoms with Crippen LogP contribution in [0.4, 0.5) is 0 Å². The van der Waals surface area contributed by atoms with E-state index in [0.29, 0.717) is 43.1 Å². The fourth-order valence-electron chi connectivity index (χ4n) is 6.80. The van der Waals surface area contributed by atoms with Gasteiger partial charge in [-0.25, -0.2) is 9.67 Å². The van der Waals surface area contributed by atoms with Crippen molar-refractivity contribution in [1.82, 2.24) is 28.8 Å². The van der Waals surface area contributed by atoms with E-state index in [2.05, 4.69) is 39.5 Å². The molecule has 2 aliphatic rings. The van der Waals surface area contributed by atoms with Crippen molar-refractivity contribution in [2.75, 3.05) is 26.8 Å². The molecule has 0 saturated carbocycles. The second-order valence-corrected chi connectivity index (χ2v) is 11.9. The number of benzene rings is 3. The highest BCUT2D eigenvalue weighted by atomic mass is 16.5. The minimum atomic E-state index is -0.0473. The lowest BCUT2D eigenvalue weighted by Crippen LogP contribution is -2.45. The number of amides is 1. The van der Waals surface area contributed by atoms with E-state index < -0.39 is 0 Å². The molecule has 5 heterocycles. The molecule has 1 saturated heterocycles. The number of hydrogen-bond acceptors (Lipinski definition) is 6. The first kappa shape index (κ1) is 27.5. The number of nitrogens with two attached hydrogens (primary N) is 1. The van der Waals surface area contributed by atoms with Crippen molar-refractivity contribution in [2.24, 2.45) is 5.73 Å². The van der Waals surface area contributed by atoms with Gasteiger partial charge in [-0.3, -0.25) is 4.79 Å². The van der Waals surface area contributed by atoms with Crippen LogP contribution < -0.4 is 15.2 Å². The van der Waals surface area contributed by atoms with Gasteiger partial charge in [-0.15, -0.1) is 0 Å². The van der Waals surface area contributed by atoms with Crippen LogP contribution in [0.25, 0.3) is 39.1 Å². The predicted octanol–water partition coefficient (Wildman–Crippen LogP) is 5.25. The summed E-state index contributed by atoms with van der Waals surface area (Å²) in [6, 6.07) is 22.3. The fraction of sp³-hybridized carbons (Fsp3) is 0.286. The molecule has 1 amide bonds. The lowest BCUT2D eigenvalue weighted by atomic mass is 10.0. The summed E-state index contributed by atoms with van der Waals surface area (Å²) in [7, 11) is 1.65. The van der Waals surface area contributed by atoms with Gasteiger partial charge in [-0.2, -0.15) is 5.10 Å². The maximum Gasteiger partial charge on any atom is 0.254 e. The number of fused-ring (bicyclic) bond motifs is 11. The Labute approximate surface area is 260 Å². The normalized spacial score (nSPS) is 16.8. The van der Waals surface area contributed by atoms with Crippen molar-refractivity contribution in [2.45, 2.75) is 38.4 Å². The van der Waals surface area contributed by atoms with Crippen LogP contribution in [0, 0.1) is 0 Å². The third-order valence-corrected chi connectivity index (χ3v) is 8.93. The molecule has 8 rings (SSSR count). The summed E-state index contributed by atoms with van der Waals surface area (Å²) in [5, 5.41) is 5.85. The summed E-state index contributed by atoms with van der Waals surface area (Å²) in [5.74, 6) is 2.15. The summed E-state index contributed by atoms with van der Waals surface area (Å²) in [6.07, 6.45) is 6.54. The van der Waals surface area contributed by atoms with E-state index in [1.807, 2.05) is 58.4 Å². The third kappa shape index (κ3) is 4.82. The summed E-state index contributed by atoms with van der Waals surface area (Å²) in [5.41, 5.74) is 12.3. The first-order valence-electron chi connectivity index (χ1n) is 15.5. The Kier molecular flexibility index (Phi) is 6.79. The summed E-state index contributed by atoms with van der Waals surface area (Å²) >= 11 is 0. The number of ether oxygens (including phenoxy) is 2. The molecule has 10 heteroatoms. The molecule has 2 N–H and O–H groups in total. The monoisotopic (exact) mass is 601 g/mol. The number of aryl methyl sites for hydroxylation is 1. The summed E-state index contributed by atoms with van der Waals surface area (Å²) in [6.45, 7) is 3.04. The van der Waals surface area contributed by atoms with E-state index in [-0.39, 0.29) is 11.9 Å². The van der Waals surface area contributed by atoms with Crippen LogP contribution in [0.5, 0.6) is 11.5 Å². The first-order valence-corrected chi connectivity index (χ1v) is 15.5. The number of imidazole rings is 1. The van der Waals surface area contributed by atoms with Gasteiger partial charge in [-0.05, 0) is 55.7 Å². The molecule has 1 unspecified atom stereocenters. The van der Waals surface area contributed by atoms with Gasteiger partial charge in [0, 0.05) is 53.9 Å². The van der Waals surface area contributed by atoms with Crippen molar-refractivity contribution in [1.29, 1.82) is 0 Å². The van der Waals surface area contributed by atoms with Crippen LogP contribution in [0.15, 0.2) is 79.1 Å². The number of piperidine rings is 1. The van der Waals surface area contributed by atoms with Crippen molar-refractivity contribution in [3.05, 3.63) is 90.3 Å². The highest BCUT2D eigenvalue weighted by molar-refractivity contribution is 6.00. The summed E-state index contributed by atoms with van der Waals surface area (Å²) in [4.78, 5) is 20.8. The van der Waals surface area contributed by atoms with E-state index in [1.54, 1.807) is 7.11 Å². The molecular formula is C35H35N7O3. The fourth-order valence-corrected chi connectivity index (χ4v) is 6.80. The molecular weight excluding hydrogens is 566 g/mol. The highest BCUT2D eigenvalue weighted by Gasteiger charge is 2.27. The summed E-state index contributed by atoms with van der Waals surface area (Å²) < 4.78 is 18.7. The number of methoxy groups -OCH3 is 1. The van der Waals surface area contributed by atoms with Gasteiger partial charge < -0.3 is 29.2 Å². The van der Waals surface area contributed by atoms with Crippen molar-refractivity contribution < 1.29 is 14.3 Å². The molecule has 1 fully saturated rings. The first-order chi connectivity index (χ1) is 22.1. The van der Waals surface area contributed by atoms with Gasteiger partial charge in [0.15, 0.2) is 5.82 Å². The van der Waals surface area contributed by atoms with Gasteiger partial charge >= 0.3 is 0 Å². The number of aromatic nitrogens is 5. The number of likely N-dealkylation sites (tertiary alicyclic amines) is 1. The van der Waals surface area contributed by atoms with Crippen LogP contribution in [-0.4, -0.2) is 67.6 Å². The molecule has 6 aromatic rings. The molecule has 2 aliphatic heterocycles. The van der Waals surface area contributed by atoms with Crippen molar-refractivity contribution >= 4 is 27.8 Å². The second-order valence-electron chi connectivity index (χ2n) is 11.9. The molecule has 0 aliphatic carbocycles. The number of nitrogens with zero attached hydrogens (tertiary/aromatic N) is 6. The number of carbonyl (C=O) groups excluding carboxylic acids is 1. The predicted molar refractivity (Wildman–Crippen MR) is 173 cm³/mol. The second kappa shape index (κ2) is 11.1. The van der Waals surface area contributed by atoms with Crippen LogP contribution >= 0.6 is 0 Å². The molecule has 3 aromatic carbocycles. The van der Waals surface area contributed by atoms with E-state index in [1.165, 1.54) is 0 Å². The number of hydrogen-bond donors (Lipinski definition) is 1. The van der Waals surface area contributed by atoms with Gasteiger partial charge in [0.05, 0.1) is 37.7 Å². The maximum absolute atomic E-state index is 13.7. The Balaban J connectivity index is 1.33. The molecule has 3 aromatic heterocycles. The molecule has 1 atom stereocenters. The minimum Gasteiger partial charge on any atom is -0.494 e. The molecule has 45 heavy (non-hydrogen) atoms. The zero-order chi connectivity index (χ0) is 30.5. The Morgan fingerprint density at radius 1 is 1.02 bits per heavy atom. The molecule has 228 valence electrons. The smallest absolute Gasteiger partial charge is 0.254 e. The average Bonchev–Trinajstić information content (AvgIpc) is 3.78. The standard InChI is InChI=1S/C35H35N7O3/c1-44-32-18-25(35(43)39-13-6-9-26(36)22-39)16-27-33(32)41-20-23-19-37-42(21-23)29-11-4-5-12-31(29)45-15-7-14-40-28-10-3-2-8-24(28)17-30(40)34(41)38-27/h2-5,8,10-12,16-19,21,26H,6-7,9,13-15,20,22,36H2,1H3. The van der Waals surface area contributed by atoms with E-state index >= 15 is 0 Å². The van der Waals surface area contributed by atoms with Crippen LogP contribution in [-0.2, 0) is 13.1 Å². The Morgan fingerprint density at radius 3 is 2.78 bits per heavy atom. The van der Waals surface area contributed by atoms with E-state index in [0.717, 1.165) is 70.7 Å². The van der Waals surface area contributed by atoms with Crippen molar-refractivity contribution in [3.8, 4) is 28.7 Å². The Bertz CT molecular complexity index is 2060. The topological polar surface area (TPSA) is 105 Å². The minimum absolute atomic E-state index is 0.00428. The maximum atomic E-state index is 13.7. The van der Waals surface area contributed by atoms with E-state index in [4.69, 9.17) is 25.3 Å². The van der Waals surface area contributed by atoms with Crippen LogP contribution in [0.2, 0.25) is 0 Å². The van der Waals surface area contributed by atoms with Crippen molar-refractivity contribution in [3.63, 3.8) is 0 Å². The van der Waals surface area contributed by atoms with Gasteiger partial charge in [0.2, 0.25) is 0 Å². The zero-order valence-electron chi connectivity index (χ0n) is 25.2. The molecule has 2 bridgehead atoms. The lowest BCUT2D eigenvalue weighted by Gasteiger charge is -2.30. The number of rotatable bonds is 2. The SMILES string of the molecule is COc1cc(C(=O)N2CCCC(N)C2)cc2nc3n(c12)Cc1cnn(c1)-c1ccccc1OCCCn1c-3cc2ccccc21. The number of para-hydroxylation sites is 3. The lowest BCUT2D eigenvalue weighted by molar-refractivity contribution is 0.0708. The van der Waals surface area contributed by atoms with E-state index in [9.17, 15) is 4.79 Å². The highest BCUT2D eigenvalue weighted by Crippen LogP contribution is 2.36. The molecule has 10 nitrogen and oxygen atoms in total. The average molecular weight is 602 g/mol. The number of carbonyl (C=O) groups is 1. The third-order valence-electron chi connectivity index (χ3n) is 8.93. The Morgan fingerprint density at radius 2 is 1.89 bits per heavy atom. The zero-order valence-corrected chi connectivity index (χ0v) is 25.2. The van der Waals surface area contributed by atoms with Crippen LogP contribution in [0.1, 0.15) is 35.2 Å². The largest absolute Gasteiger partial charge is 0.494 e. The molecule has 0 spiro atoms.